The molecule has 0 radical (unpaired) electrons. The Hall–Kier alpha value is -1.90. The van der Waals surface area contributed by atoms with Gasteiger partial charge in [0.25, 0.3) is 0 Å². The molecule has 0 saturated heterocycles. The van der Waals surface area contributed by atoms with Crippen LogP contribution in [0.5, 0.6) is 0 Å². The first-order valence-corrected chi connectivity index (χ1v) is 5.58. The molecule has 1 atom stereocenters. The van der Waals surface area contributed by atoms with Gasteiger partial charge in [0, 0.05) is 0 Å². The first-order valence-electron chi connectivity index (χ1n) is 5.58. The van der Waals surface area contributed by atoms with E-state index in [-0.39, 0.29) is 5.78 Å². The molecule has 0 aliphatic heterocycles. The van der Waals surface area contributed by atoms with Crippen LogP contribution in [-0.2, 0) is 9.53 Å². The van der Waals surface area contributed by atoms with E-state index >= 15 is 0 Å². The molecule has 0 aromatic heterocycles. The Balaban J connectivity index is 2.71. The summed E-state index contributed by atoms with van der Waals surface area (Å²) in [4.78, 5) is 23.0. The van der Waals surface area contributed by atoms with Gasteiger partial charge in [0.2, 0.25) is 0 Å². The lowest BCUT2D eigenvalue weighted by atomic mass is 10.2. The predicted molar refractivity (Wildman–Crippen MR) is 65.8 cm³/mol. The summed E-state index contributed by atoms with van der Waals surface area (Å²) in [5.74, 6) is -0.662. The van der Waals surface area contributed by atoms with E-state index in [4.69, 9.17) is 4.74 Å². The smallest absolute Gasteiger partial charge is 0.339 e. The predicted octanol–water partition coefficient (Wildman–Crippen LogP) is 2.77. The van der Waals surface area contributed by atoms with Crippen LogP contribution in [-0.4, -0.2) is 17.9 Å². The number of carbonyl (C=O) groups excluding carboxylic acids is 2. The zero-order valence-electron chi connectivity index (χ0n) is 10.1. The Morgan fingerprint density at radius 1 is 1.29 bits per heavy atom. The number of esters is 1. The van der Waals surface area contributed by atoms with Crippen molar-refractivity contribution in [1.29, 1.82) is 0 Å². The van der Waals surface area contributed by atoms with Gasteiger partial charge < -0.3 is 4.74 Å². The van der Waals surface area contributed by atoms with Gasteiger partial charge in [-0.2, -0.15) is 0 Å². The van der Waals surface area contributed by atoms with E-state index in [2.05, 4.69) is 0 Å². The van der Waals surface area contributed by atoms with E-state index in [1.807, 2.05) is 19.1 Å². The zero-order valence-corrected chi connectivity index (χ0v) is 10.1. The minimum atomic E-state index is -0.789. The maximum atomic E-state index is 11.7. The Morgan fingerprint density at radius 3 is 2.47 bits per heavy atom. The monoisotopic (exact) mass is 232 g/mol. The van der Waals surface area contributed by atoms with E-state index in [0.717, 1.165) is 6.42 Å². The van der Waals surface area contributed by atoms with Crippen molar-refractivity contribution in [2.45, 2.75) is 26.4 Å². The third kappa shape index (κ3) is 4.23. The fourth-order valence-corrected chi connectivity index (χ4v) is 1.28. The maximum absolute atomic E-state index is 11.7. The first kappa shape index (κ1) is 13.2. The van der Waals surface area contributed by atoms with Crippen LogP contribution in [0.25, 0.3) is 0 Å². The van der Waals surface area contributed by atoms with Crippen LogP contribution in [0.3, 0.4) is 0 Å². The SMILES string of the molecule is CC/C=C/C(OC(=O)c1ccccc1)C(C)=O. The summed E-state index contributed by atoms with van der Waals surface area (Å²) < 4.78 is 5.12. The molecule has 0 spiro atoms. The van der Waals surface area contributed by atoms with Crippen LogP contribution in [0, 0.1) is 0 Å². The molecular weight excluding hydrogens is 216 g/mol. The Labute approximate surface area is 101 Å². The molecule has 0 aliphatic carbocycles. The summed E-state index contributed by atoms with van der Waals surface area (Å²) in [6.07, 6.45) is 3.43. The third-order valence-electron chi connectivity index (χ3n) is 2.19. The van der Waals surface area contributed by atoms with Gasteiger partial charge in [-0.25, -0.2) is 4.79 Å². The molecular formula is C14H16O3. The second-order valence-electron chi connectivity index (χ2n) is 3.64. The van der Waals surface area contributed by atoms with Gasteiger partial charge in [-0.05, 0) is 31.6 Å². The number of Topliss-reactive ketones (excluding diaryl/α,β-unsaturated/α-hetero) is 1. The number of hydrogen-bond acceptors (Lipinski definition) is 3. The van der Waals surface area contributed by atoms with E-state index in [9.17, 15) is 9.59 Å². The van der Waals surface area contributed by atoms with Crippen LogP contribution in [0.2, 0.25) is 0 Å². The molecule has 0 N–H and O–H groups in total. The fourth-order valence-electron chi connectivity index (χ4n) is 1.28. The summed E-state index contributed by atoms with van der Waals surface area (Å²) in [5, 5.41) is 0. The summed E-state index contributed by atoms with van der Waals surface area (Å²) in [7, 11) is 0. The number of benzene rings is 1. The van der Waals surface area contributed by atoms with E-state index in [0.29, 0.717) is 5.56 Å². The standard InChI is InChI=1S/C14H16O3/c1-3-4-10-13(11(2)15)17-14(16)12-8-6-5-7-9-12/h4-10,13H,3H2,1-2H3/b10-4+. The van der Waals surface area contributed by atoms with E-state index in [1.54, 1.807) is 30.3 Å². The number of ether oxygens (including phenoxy) is 1. The molecule has 1 aromatic carbocycles. The van der Waals surface area contributed by atoms with Crippen molar-refractivity contribution < 1.29 is 14.3 Å². The lowest BCUT2D eigenvalue weighted by Crippen LogP contribution is -2.23. The fraction of sp³-hybridized carbons (Fsp3) is 0.286. The Bertz CT molecular complexity index is 407. The van der Waals surface area contributed by atoms with Crippen LogP contribution in [0.1, 0.15) is 30.6 Å². The van der Waals surface area contributed by atoms with Gasteiger partial charge >= 0.3 is 5.97 Å². The Kier molecular flexibility index (Phi) is 5.14. The molecule has 0 heterocycles. The lowest BCUT2D eigenvalue weighted by Gasteiger charge is -2.11. The minimum absolute atomic E-state index is 0.181. The molecule has 0 aliphatic rings. The van der Waals surface area contributed by atoms with Gasteiger partial charge in [0.05, 0.1) is 5.56 Å². The second kappa shape index (κ2) is 6.63. The van der Waals surface area contributed by atoms with Crippen molar-refractivity contribution in [3.05, 3.63) is 48.0 Å². The Morgan fingerprint density at radius 2 is 1.94 bits per heavy atom. The second-order valence-corrected chi connectivity index (χ2v) is 3.64. The van der Waals surface area contributed by atoms with Crippen molar-refractivity contribution in [1.82, 2.24) is 0 Å². The maximum Gasteiger partial charge on any atom is 0.339 e. The number of ketones is 1. The highest BCUT2D eigenvalue weighted by Gasteiger charge is 2.16. The highest BCUT2D eigenvalue weighted by atomic mass is 16.5. The normalized spacial score (nSPS) is 12.4. The molecule has 0 fully saturated rings. The summed E-state index contributed by atoms with van der Waals surface area (Å²) in [6, 6.07) is 8.63. The van der Waals surface area contributed by atoms with Gasteiger partial charge in [-0.3, -0.25) is 4.79 Å². The third-order valence-corrected chi connectivity index (χ3v) is 2.19. The van der Waals surface area contributed by atoms with Crippen LogP contribution in [0.15, 0.2) is 42.5 Å². The number of hydrogen-bond donors (Lipinski definition) is 0. The van der Waals surface area contributed by atoms with Crippen LogP contribution < -0.4 is 0 Å². The van der Waals surface area contributed by atoms with Crippen molar-refractivity contribution >= 4 is 11.8 Å². The van der Waals surface area contributed by atoms with E-state index < -0.39 is 12.1 Å². The topological polar surface area (TPSA) is 43.4 Å². The average molecular weight is 232 g/mol. The van der Waals surface area contributed by atoms with Gasteiger partial charge in [0.1, 0.15) is 0 Å². The van der Waals surface area contributed by atoms with Gasteiger partial charge in [0.15, 0.2) is 11.9 Å². The van der Waals surface area contributed by atoms with Gasteiger partial charge in [-0.15, -0.1) is 0 Å². The van der Waals surface area contributed by atoms with Crippen molar-refractivity contribution in [3.63, 3.8) is 0 Å². The molecule has 3 nitrogen and oxygen atoms in total. The average Bonchev–Trinajstić information content (AvgIpc) is 2.35. The molecule has 1 unspecified atom stereocenters. The van der Waals surface area contributed by atoms with Crippen LogP contribution >= 0.6 is 0 Å². The van der Waals surface area contributed by atoms with Crippen molar-refractivity contribution in [3.8, 4) is 0 Å². The molecule has 1 aromatic rings. The lowest BCUT2D eigenvalue weighted by molar-refractivity contribution is -0.123. The van der Waals surface area contributed by atoms with Crippen molar-refractivity contribution in [2.24, 2.45) is 0 Å². The summed E-state index contributed by atoms with van der Waals surface area (Å²) in [5.41, 5.74) is 0.448. The molecule has 0 saturated carbocycles. The summed E-state index contributed by atoms with van der Waals surface area (Å²) >= 11 is 0. The molecule has 0 bridgehead atoms. The van der Waals surface area contributed by atoms with E-state index in [1.165, 1.54) is 6.92 Å². The molecule has 0 amide bonds. The number of rotatable bonds is 5. The number of carbonyl (C=O) groups is 2. The minimum Gasteiger partial charge on any atom is -0.446 e. The molecule has 17 heavy (non-hydrogen) atoms. The molecule has 90 valence electrons. The van der Waals surface area contributed by atoms with Gasteiger partial charge in [-0.1, -0.05) is 31.2 Å². The van der Waals surface area contributed by atoms with Crippen LogP contribution in [0.4, 0.5) is 0 Å². The first-order chi connectivity index (χ1) is 8.15. The van der Waals surface area contributed by atoms with Crippen molar-refractivity contribution in [2.75, 3.05) is 0 Å². The number of allylic oxidation sites excluding steroid dienone is 1. The zero-order chi connectivity index (χ0) is 12.7. The summed E-state index contributed by atoms with van der Waals surface area (Å²) in [6.45, 7) is 3.36. The highest BCUT2D eigenvalue weighted by Crippen LogP contribution is 2.06. The largest absolute Gasteiger partial charge is 0.446 e. The quantitative estimate of drug-likeness (QED) is 0.579. The highest BCUT2D eigenvalue weighted by molar-refractivity contribution is 5.92. The molecule has 1 rings (SSSR count). The molecule has 3 heteroatoms.